The summed E-state index contributed by atoms with van der Waals surface area (Å²) in [5, 5.41) is 9.76. The molecule has 5 heteroatoms. The highest BCUT2D eigenvalue weighted by molar-refractivity contribution is 6.38. The van der Waals surface area contributed by atoms with Crippen LogP contribution in [0.15, 0.2) is 36.4 Å². The first kappa shape index (κ1) is 20.9. The van der Waals surface area contributed by atoms with Crippen molar-refractivity contribution in [1.82, 2.24) is 4.90 Å². The summed E-state index contributed by atoms with van der Waals surface area (Å²) in [6.45, 7) is 5.63. The van der Waals surface area contributed by atoms with Crippen LogP contribution in [0.4, 0.5) is 0 Å². The molecule has 2 atom stereocenters. The predicted octanol–water partition coefficient (Wildman–Crippen LogP) is 3.79. The maximum Gasteiger partial charge on any atom is 0.326 e. The normalized spacial score (nSPS) is 20.6. The molecule has 1 aliphatic heterocycles. The van der Waals surface area contributed by atoms with Gasteiger partial charge in [0.05, 0.1) is 0 Å². The fourth-order valence-electron chi connectivity index (χ4n) is 3.41. The zero-order valence-electron chi connectivity index (χ0n) is 16.4. The molecule has 2 unspecified atom stereocenters. The largest absolute Gasteiger partial charge is 0.480 e. The van der Waals surface area contributed by atoms with Crippen LogP contribution in [-0.4, -0.2) is 40.3 Å². The zero-order valence-corrected chi connectivity index (χ0v) is 16.4. The number of hydrogen-bond donors (Lipinski definition) is 1. The highest BCUT2D eigenvalue weighted by Gasteiger charge is 2.43. The van der Waals surface area contributed by atoms with Crippen molar-refractivity contribution in [2.45, 2.75) is 52.5 Å². The minimum atomic E-state index is -1.04. The van der Waals surface area contributed by atoms with E-state index in [0.717, 1.165) is 12.0 Å². The molecule has 27 heavy (non-hydrogen) atoms. The van der Waals surface area contributed by atoms with Crippen molar-refractivity contribution >= 4 is 23.7 Å². The number of rotatable bonds is 7. The zero-order chi connectivity index (χ0) is 20.0. The number of carboxylic acids is 1. The number of carbonyl (C=O) groups excluding carboxylic acids is 2. The van der Waals surface area contributed by atoms with Gasteiger partial charge in [0, 0.05) is 12.0 Å². The van der Waals surface area contributed by atoms with E-state index in [-0.39, 0.29) is 5.92 Å². The third-order valence-corrected chi connectivity index (χ3v) is 5.51. The maximum absolute atomic E-state index is 12.8. The molecule has 1 fully saturated rings. The van der Waals surface area contributed by atoms with Gasteiger partial charge in [0.15, 0.2) is 0 Å². The molecule has 0 saturated carbocycles. The SMILES string of the molecule is CCC(C)(C)C(=O)C(=O)N1CCCC(CC=Cc2ccccc2)C1C(=O)O. The highest BCUT2D eigenvalue weighted by Crippen LogP contribution is 2.30. The quantitative estimate of drug-likeness (QED) is 0.740. The summed E-state index contributed by atoms with van der Waals surface area (Å²) in [7, 11) is 0. The molecule has 1 amide bonds. The molecule has 0 aromatic heterocycles. The molecular formula is C22H29NO4. The summed E-state index contributed by atoms with van der Waals surface area (Å²) in [5.74, 6) is -2.40. The van der Waals surface area contributed by atoms with Gasteiger partial charge in [-0.05, 0) is 37.2 Å². The molecule has 1 heterocycles. The van der Waals surface area contributed by atoms with Gasteiger partial charge in [-0.25, -0.2) is 4.79 Å². The number of piperidine rings is 1. The molecular weight excluding hydrogens is 342 g/mol. The number of benzene rings is 1. The fourth-order valence-corrected chi connectivity index (χ4v) is 3.41. The van der Waals surface area contributed by atoms with Crippen molar-refractivity contribution in [3.8, 4) is 0 Å². The highest BCUT2D eigenvalue weighted by atomic mass is 16.4. The van der Waals surface area contributed by atoms with Crippen LogP contribution in [0.3, 0.4) is 0 Å². The van der Waals surface area contributed by atoms with Gasteiger partial charge in [0.1, 0.15) is 6.04 Å². The van der Waals surface area contributed by atoms with Crippen molar-refractivity contribution < 1.29 is 19.5 Å². The molecule has 1 aliphatic rings. The second-order valence-corrected chi connectivity index (χ2v) is 7.80. The van der Waals surface area contributed by atoms with Crippen molar-refractivity contribution in [3.63, 3.8) is 0 Å². The van der Waals surface area contributed by atoms with Crippen molar-refractivity contribution in [2.24, 2.45) is 11.3 Å². The van der Waals surface area contributed by atoms with Gasteiger partial charge < -0.3 is 10.0 Å². The molecule has 1 saturated heterocycles. The van der Waals surface area contributed by atoms with Crippen LogP contribution in [-0.2, 0) is 14.4 Å². The average molecular weight is 371 g/mol. The smallest absolute Gasteiger partial charge is 0.326 e. The first-order chi connectivity index (χ1) is 12.8. The Morgan fingerprint density at radius 2 is 1.89 bits per heavy atom. The second-order valence-electron chi connectivity index (χ2n) is 7.80. The van der Waals surface area contributed by atoms with Crippen LogP contribution in [0.1, 0.15) is 52.0 Å². The van der Waals surface area contributed by atoms with E-state index in [2.05, 4.69) is 0 Å². The number of allylic oxidation sites excluding steroid dienone is 1. The van der Waals surface area contributed by atoms with Gasteiger partial charge in [0.2, 0.25) is 5.78 Å². The number of aliphatic carboxylic acids is 1. The molecule has 146 valence electrons. The van der Waals surface area contributed by atoms with Crippen LogP contribution < -0.4 is 0 Å². The van der Waals surface area contributed by atoms with Crippen LogP contribution in [0, 0.1) is 11.3 Å². The number of carbonyl (C=O) groups is 3. The predicted molar refractivity (Wildman–Crippen MR) is 105 cm³/mol. The number of likely N-dealkylation sites (tertiary alicyclic amines) is 1. The van der Waals surface area contributed by atoms with E-state index in [1.165, 1.54) is 4.90 Å². The second kappa shape index (κ2) is 8.98. The van der Waals surface area contributed by atoms with Gasteiger partial charge in [-0.1, -0.05) is 63.3 Å². The van der Waals surface area contributed by atoms with E-state index in [0.29, 0.717) is 25.8 Å². The van der Waals surface area contributed by atoms with E-state index >= 15 is 0 Å². The Labute approximate surface area is 161 Å². The van der Waals surface area contributed by atoms with Crippen molar-refractivity contribution in [2.75, 3.05) is 6.54 Å². The topological polar surface area (TPSA) is 74.7 Å². The molecule has 2 rings (SSSR count). The summed E-state index contributed by atoms with van der Waals surface area (Å²) in [4.78, 5) is 38.5. The van der Waals surface area contributed by atoms with Gasteiger partial charge in [0.25, 0.3) is 5.91 Å². The number of nitrogens with zero attached hydrogens (tertiary/aromatic N) is 1. The Kier molecular flexibility index (Phi) is 6.94. The van der Waals surface area contributed by atoms with Gasteiger partial charge in [-0.2, -0.15) is 0 Å². The van der Waals surface area contributed by atoms with E-state index in [9.17, 15) is 19.5 Å². The van der Waals surface area contributed by atoms with E-state index in [1.807, 2.05) is 49.4 Å². The van der Waals surface area contributed by atoms with Crippen LogP contribution in [0.2, 0.25) is 0 Å². The maximum atomic E-state index is 12.8. The Morgan fingerprint density at radius 1 is 1.22 bits per heavy atom. The monoisotopic (exact) mass is 371 g/mol. The van der Waals surface area contributed by atoms with Crippen molar-refractivity contribution in [1.29, 1.82) is 0 Å². The standard InChI is InChI=1S/C22H29NO4/c1-4-22(2,3)19(24)20(25)23-15-9-14-17(18(23)21(26)27)13-8-12-16-10-6-5-7-11-16/h5-8,10-12,17-18H,4,9,13-15H2,1-3H3,(H,26,27). The first-order valence-electron chi connectivity index (χ1n) is 9.57. The van der Waals surface area contributed by atoms with E-state index < -0.39 is 29.1 Å². The number of carboxylic acid groups (broad SMARTS) is 1. The Hall–Kier alpha value is -2.43. The van der Waals surface area contributed by atoms with E-state index in [4.69, 9.17) is 0 Å². The minimum Gasteiger partial charge on any atom is -0.480 e. The lowest BCUT2D eigenvalue weighted by atomic mass is 9.82. The average Bonchev–Trinajstić information content (AvgIpc) is 2.67. The van der Waals surface area contributed by atoms with Crippen molar-refractivity contribution in [3.05, 3.63) is 42.0 Å². The minimum absolute atomic E-state index is 0.197. The molecule has 0 radical (unpaired) electrons. The number of hydrogen-bond acceptors (Lipinski definition) is 3. The fraction of sp³-hybridized carbons (Fsp3) is 0.500. The van der Waals surface area contributed by atoms with Gasteiger partial charge in [-0.15, -0.1) is 0 Å². The Balaban J connectivity index is 2.15. The third-order valence-electron chi connectivity index (χ3n) is 5.51. The molecule has 5 nitrogen and oxygen atoms in total. The van der Waals surface area contributed by atoms with Crippen LogP contribution >= 0.6 is 0 Å². The van der Waals surface area contributed by atoms with Crippen LogP contribution in [0.25, 0.3) is 6.08 Å². The lowest BCUT2D eigenvalue weighted by Crippen LogP contribution is -2.56. The summed E-state index contributed by atoms with van der Waals surface area (Å²) in [5.41, 5.74) is 0.272. The summed E-state index contributed by atoms with van der Waals surface area (Å²) in [6, 6.07) is 8.84. The Morgan fingerprint density at radius 3 is 2.48 bits per heavy atom. The van der Waals surface area contributed by atoms with Gasteiger partial charge >= 0.3 is 5.97 Å². The summed E-state index contributed by atoms with van der Waals surface area (Å²) < 4.78 is 0. The molecule has 1 N–H and O–H groups in total. The molecule has 0 bridgehead atoms. The first-order valence-corrected chi connectivity index (χ1v) is 9.57. The molecule has 0 spiro atoms. The lowest BCUT2D eigenvalue weighted by molar-refractivity contribution is -0.160. The Bertz CT molecular complexity index is 708. The molecule has 1 aromatic rings. The lowest BCUT2D eigenvalue weighted by Gasteiger charge is -2.39. The number of amides is 1. The summed E-state index contributed by atoms with van der Waals surface area (Å²) in [6.07, 6.45) is 6.45. The van der Waals surface area contributed by atoms with Crippen LogP contribution in [0.5, 0.6) is 0 Å². The number of ketones is 1. The molecule has 1 aromatic carbocycles. The summed E-state index contributed by atoms with van der Waals surface area (Å²) >= 11 is 0. The molecule has 0 aliphatic carbocycles. The van der Waals surface area contributed by atoms with Gasteiger partial charge in [-0.3, -0.25) is 9.59 Å². The van der Waals surface area contributed by atoms with E-state index in [1.54, 1.807) is 13.8 Å². The number of Topliss-reactive ketones (excluding diaryl/α,β-unsaturated/α-hetero) is 1. The third kappa shape index (κ3) is 5.06.